The Balaban J connectivity index is 0.000000153. The van der Waals surface area contributed by atoms with E-state index in [0.29, 0.717) is 34.9 Å². The number of fused-ring (bicyclic) bond motifs is 6. The Hall–Kier alpha value is -15.6. The van der Waals surface area contributed by atoms with Crippen LogP contribution in [0.4, 0.5) is 0 Å². The summed E-state index contributed by atoms with van der Waals surface area (Å²) < 4.78 is 0. The molecule has 0 spiro atoms. The van der Waals surface area contributed by atoms with Crippen LogP contribution in [0.25, 0.3) is 191 Å². The van der Waals surface area contributed by atoms with E-state index in [1.54, 1.807) is 0 Å². The molecule has 2 aromatic heterocycles. The maximum atomic E-state index is 5.12. The van der Waals surface area contributed by atoms with Gasteiger partial charge in [-0.15, -0.1) is 0 Å². The zero-order chi connectivity index (χ0) is 83.8. The Labute approximate surface area is 732 Å². The summed E-state index contributed by atoms with van der Waals surface area (Å²) in [6, 6.07) is 163. The molecule has 20 aromatic rings. The maximum absolute atomic E-state index is 5.12. The largest absolute Gasteiger partial charge is 0.208 e. The Bertz CT molecular complexity index is 7330. The molecule has 6 nitrogen and oxygen atoms in total. The molecule has 0 N–H and O–H groups in total. The summed E-state index contributed by atoms with van der Waals surface area (Å²) in [6.45, 7) is 7.45. The fraction of sp³-hybridized carbons (Fsp3) is 0.0256. The molecule has 1 unspecified atom stereocenters. The fourth-order valence-electron chi connectivity index (χ4n) is 18.3. The normalized spacial score (nSPS) is 13.2. The second-order valence-electron chi connectivity index (χ2n) is 33.0. The molecule has 1 atom stereocenters. The summed E-state index contributed by atoms with van der Waals surface area (Å²) in [5.41, 5.74) is 32.2. The first kappa shape index (κ1) is 76.8. The third-order valence-electron chi connectivity index (χ3n) is 25.0. The first-order valence-corrected chi connectivity index (χ1v) is 48.3. The van der Waals surface area contributed by atoms with Gasteiger partial charge in [0, 0.05) is 33.4 Å². The molecule has 0 radical (unpaired) electrons. The van der Waals surface area contributed by atoms with Gasteiger partial charge in [-0.25, -0.2) is 29.9 Å². The highest BCUT2D eigenvalue weighted by molar-refractivity contribution is 7.13. The average Bonchev–Trinajstić information content (AvgIpc) is 1.57. The predicted molar refractivity (Wildman–Crippen MR) is 526 cm³/mol. The van der Waals surface area contributed by atoms with E-state index in [2.05, 4.69) is 426 Å². The van der Waals surface area contributed by atoms with Gasteiger partial charge in [-0.2, -0.15) is 0 Å². The lowest BCUT2D eigenvalue weighted by Gasteiger charge is -2.25. The quantitative estimate of drug-likeness (QED) is 0.0897. The molecule has 18 aromatic carbocycles. The maximum Gasteiger partial charge on any atom is 0.164 e. The lowest BCUT2D eigenvalue weighted by Crippen LogP contribution is -2.62. The van der Waals surface area contributed by atoms with E-state index in [4.69, 9.17) is 29.9 Å². The van der Waals surface area contributed by atoms with Crippen LogP contribution in [0.15, 0.2) is 455 Å². The molecule has 590 valence electrons. The zero-order valence-electron chi connectivity index (χ0n) is 69.5. The Kier molecular flexibility index (Phi) is 20.3. The monoisotopic (exact) mass is 1630 g/mol. The van der Waals surface area contributed by atoms with Crippen molar-refractivity contribution < 1.29 is 0 Å². The summed E-state index contributed by atoms with van der Waals surface area (Å²) in [6.07, 6.45) is 0. The van der Waals surface area contributed by atoms with Crippen LogP contribution in [0.3, 0.4) is 0 Å². The molecule has 0 amide bonds. The molecule has 2 aliphatic heterocycles. The van der Waals surface area contributed by atoms with Gasteiger partial charge in [0.1, 0.15) is 16.1 Å². The smallest absolute Gasteiger partial charge is 0.164 e. The van der Waals surface area contributed by atoms with Crippen LogP contribution >= 0.6 is 0 Å². The molecular weight excluding hydrogens is 1550 g/mol. The Morgan fingerprint density at radius 1 is 0.136 bits per heavy atom. The second-order valence-corrected chi connectivity index (χ2v) is 41.3. The van der Waals surface area contributed by atoms with Gasteiger partial charge in [0.05, 0.1) is 0 Å². The molecule has 8 heteroatoms. The molecule has 0 saturated heterocycles. The number of benzene rings is 18. The third-order valence-corrected chi connectivity index (χ3v) is 33.1. The molecule has 2 aliphatic rings. The summed E-state index contributed by atoms with van der Waals surface area (Å²) in [7, 11) is -3.81. The van der Waals surface area contributed by atoms with Gasteiger partial charge in [-0.1, -0.05) is 420 Å². The van der Waals surface area contributed by atoms with Gasteiger partial charge < -0.3 is 0 Å². The van der Waals surface area contributed by atoms with Crippen molar-refractivity contribution in [3.8, 4) is 191 Å². The van der Waals surface area contributed by atoms with Crippen LogP contribution in [0.5, 0.6) is 0 Å². The van der Waals surface area contributed by atoms with Crippen LogP contribution < -0.4 is 25.9 Å². The zero-order valence-corrected chi connectivity index (χ0v) is 71.5. The van der Waals surface area contributed by atoms with Crippen molar-refractivity contribution in [2.24, 2.45) is 0 Å². The minimum absolute atomic E-state index is 0.628. The Morgan fingerprint density at radius 3 is 0.680 bits per heavy atom. The SMILES string of the molecule is C[Si]1(C)c2ccccc2-c2cc(-c3cccc(-c4cccc(-c5ccc(-c6nc(-c7cccc(-c8ccccc8)c7)nc(-c7cccc(-c8ccccc8)c7)n6)cc5)c4)c3)ccc21.C[Si]1(c2ccccc2)c2ccccc2-c2cc(-c3cccc(-c4cccc(-c5ccc(-c6nc(-c7ccccc7)nc(-c7cccc(-c8ccccc8)c7)n6)cc5)c4)c3)ccc21. The van der Waals surface area contributed by atoms with Gasteiger partial charge in [-0.3, -0.25) is 0 Å². The molecule has 125 heavy (non-hydrogen) atoms. The van der Waals surface area contributed by atoms with Crippen LogP contribution in [0.2, 0.25) is 19.6 Å². The van der Waals surface area contributed by atoms with Crippen molar-refractivity contribution in [3.63, 3.8) is 0 Å². The van der Waals surface area contributed by atoms with Gasteiger partial charge in [0.15, 0.2) is 34.9 Å². The van der Waals surface area contributed by atoms with Crippen molar-refractivity contribution >= 4 is 42.1 Å². The van der Waals surface area contributed by atoms with Crippen LogP contribution in [-0.2, 0) is 0 Å². The number of nitrogens with zero attached hydrogens (tertiary/aromatic N) is 6. The van der Waals surface area contributed by atoms with E-state index in [-0.39, 0.29) is 0 Å². The van der Waals surface area contributed by atoms with Gasteiger partial charge in [0.25, 0.3) is 0 Å². The van der Waals surface area contributed by atoms with E-state index in [1.165, 1.54) is 92.7 Å². The molecule has 0 fully saturated rings. The summed E-state index contributed by atoms with van der Waals surface area (Å²) >= 11 is 0. The standard InChI is InChI=1S/C59H43N3Si.C58H41N3Si/c1-63(2)55-28-10-9-27-53(55)54-39-50(33-34-56(54)63)49-24-12-23-48(36-49)47-22-11-19-44(35-47)42-29-31-43(32-30-42)57-60-58(51-25-13-20-45(37-51)40-15-5-3-6-16-40)62-59(61-57)52-26-14-21-46(38-52)41-17-7-4-8-18-41;1-62(51-26-9-4-10-27-51)54-29-12-11-28-52(54)53-39-49(34-35-55(53)62)48-24-14-23-47(37-48)46-22-13-20-44(36-46)41-30-32-43(33-31-41)57-59-56(42-18-7-3-8-19-42)60-58(61-57)50-25-15-21-45(38-50)40-16-5-2-6-17-40/h3-39H,1-2H3;2-39H,1H3. The molecule has 0 bridgehead atoms. The van der Waals surface area contributed by atoms with Gasteiger partial charge in [-0.05, 0) is 203 Å². The Morgan fingerprint density at radius 2 is 0.328 bits per heavy atom. The van der Waals surface area contributed by atoms with E-state index < -0.39 is 16.1 Å². The van der Waals surface area contributed by atoms with Crippen molar-refractivity contribution in [3.05, 3.63) is 455 Å². The second kappa shape index (κ2) is 33.1. The molecule has 0 saturated carbocycles. The molecular formula is C117H84N6Si2. The summed E-state index contributed by atoms with van der Waals surface area (Å²) in [5, 5.41) is 7.50. The highest BCUT2D eigenvalue weighted by Crippen LogP contribution is 2.40. The van der Waals surface area contributed by atoms with Crippen molar-refractivity contribution in [2.75, 3.05) is 0 Å². The first-order valence-electron chi connectivity index (χ1n) is 42.8. The molecule has 0 aliphatic carbocycles. The molecule has 4 heterocycles. The van der Waals surface area contributed by atoms with E-state index in [0.717, 1.165) is 89.0 Å². The van der Waals surface area contributed by atoms with E-state index in [1.807, 2.05) is 48.5 Å². The average molecular weight is 1630 g/mol. The van der Waals surface area contributed by atoms with E-state index in [9.17, 15) is 0 Å². The number of rotatable bonds is 16. The topological polar surface area (TPSA) is 77.3 Å². The lowest BCUT2D eigenvalue weighted by molar-refractivity contribution is 1.07. The van der Waals surface area contributed by atoms with Crippen molar-refractivity contribution in [1.29, 1.82) is 0 Å². The lowest BCUT2D eigenvalue weighted by atomic mass is 9.94. The number of hydrogen-bond acceptors (Lipinski definition) is 6. The van der Waals surface area contributed by atoms with Crippen LogP contribution in [-0.4, -0.2) is 46.1 Å². The van der Waals surface area contributed by atoms with Crippen LogP contribution in [0.1, 0.15) is 0 Å². The van der Waals surface area contributed by atoms with Crippen molar-refractivity contribution in [1.82, 2.24) is 29.9 Å². The fourth-order valence-corrected chi connectivity index (χ4v) is 25.5. The summed E-state index contributed by atoms with van der Waals surface area (Å²) in [4.78, 5) is 30.4. The first-order chi connectivity index (χ1) is 61.5. The molecule has 22 rings (SSSR count). The van der Waals surface area contributed by atoms with Crippen molar-refractivity contribution in [2.45, 2.75) is 19.6 Å². The highest BCUT2D eigenvalue weighted by Gasteiger charge is 2.43. The minimum atomic E-state index is -2.11. The number of aromatic nitrogens is 6. The minimum Gasteiger partial charge on any atom is -0.208 e. The highest BCUT2D eigenvalue weighted by atomic mass is 28.3. The van der Waals surface area contributed by atoms with Crippen LogP contribution in [0, 0.1) is 0 Å². The number of hydrogen-bond donors (Lipinski definition) is 0. The van der Waals surface area contributed by atoms with Gasteiger partial charge in [0.2, 0.25) is 0 Å². The van der Waals surface area contributed by atoms with Gasteiger partial charge >= 0.3 is 0 Å². The predicted octanol–water partition coefficient (Wildman–Crippen LogP) is 26.6. The third kappa shape index (κ3) is 15.2. The summed E-state index contributed by atoms with van der Waals surface area (Å²) in [5.74, 6) is 3.82. The van der Waals surface area contributed by atoms with E-state index >= 15 is 0 Å².